The molecule has 2 aliphatic rings. The molecule has 0 bridgehead atoms. The summed E-state index contributed by atoms with van der Waals surface area (Å²) in [7, 11) is 2.09. The minimum absolute atomic E-state index is 0.0658. The third-order valence-electron chi connectivity index (χ3n) is 3.59. The van der Waals surface area contributed by atoms with Crippen LogP contribution in [0.4, 0.5) is 0 Å². The highest BCUT2D eigenvalue weighted by atomic mass is 16.5. The summed E-state index contributed by atoms with van der Waals surface area (Å²) < 4.78 is 10.9. The maximum atomic E-state index is 11.8. The SMILES string of the molecule is CN1CCOC(CNCC(=O)NC2CCOCC2)C1. The Balaban J connectivity index is 1.55. The molecule has 0 radical (unpaired) electrons. The molecule has 0 saturated carbocycles. The second-order valence-electron chi connectivity index (χ2n) is 5.34. The number of rotatable bonds is 5. The lowest BCUT2D eigenvalue weighted by Gasteiger charge is -2.30. The predicted octanol–water partition coefficient (Wildman–Crippen LogP) is -0.798. The van der Waals surface area contributed by atoms with Crippen LogP contribution in [0.25, 0.3) is 0 Å². The molecule has 6 nitrogen and oxygen atoms in total. The molecule has 1 unspecified atom stereocenters. The van der Waals surface area contributed by atoms with Crippen molar-refractivity contribution >= 4 is 5.91 Å². The Kier molecular flexibility index (Phi) is 6.03. The summed E-state index contributed by atoms with van der Waals surface area (Å²) in [6.45, 7) is 5.28. The number of nitrogens with one attached hydrogen (secondary N) is 2. The van der Waals surface area contributed by atoms with Crippen molar-refractivity contribution < 1.29 is 14.3 Å². The van der Waals surface area contributed by atoms with E-state index in [0.29, 0.717) is 6.54 Å². The molecular formula is C13H25N3O3. The molecule has 2 rings (SSSR count). The molecule has 0 spiro atoms. The van der Waals surface area contributed by atoms with E-state index in [1.807, 2.05) is 0 Å². The Hall–Kier alpha value is -0.690. The number of carbonyl (C=O) groups is 1. The van der Waals surface area contributed by atoms with Gasteiger partial charge >= 0.3 is 0 Å². The van der Waals surface area contributed by atoms with Gasteiger partial charge in [-0.05, 0) is 19.9 Å². The number of amides is 1. The average molecular weight is 271 g/mol. The molecule has 110 valence electrons. The molecule has 2 heterocycles. The maximum absolute atomic E-state index is 11.8. The van der Waals surface area contributed by atoms with Crippen LogP contribution < -0.4 is 10.6 Å². The van der Waals surface area contributed by atoms with Crippen molar-refractivity contribution in [1.82, 2.24) is 15.5 Å². The first kappa shape index (κ1) is 14.7. The van der Waals surface area contributed by atoms with E-state index in [9.17, 15) is 4.79 Å². The lowest BCUT2D eigenvalue weighted by molar-refractivity contribution is -0.121. The van der Waals surface area contributed by atoms with E-state index in [1.165, 1.54) is 0 Å². The lowest BCUT2D eigenvalue weighted by Crippen LogP contribution is -2.47. The number of hydrogen-bond donors (Lipinski definition) is 2. The van der Waals surface area contributed by atoms with Crippen molar-refractivity contribution in [2.24, 2.45) is 0 Å². The molecule has 0 aromatic rings. The third-order valence-corrected chi connectivity index (χ3v) is 3.59. The zero-order valence-electron chi connectivity index (χ0n) is 11.7. The van der Waals surface area contributed by atoms with Crippen molar-refractivity contribution in [3.63, 3.8) is 0 Å². The van der Waals surface area contributed by atoms with E-state index >= 15 is 0 Å². The standard InChI is InChI=1S/C13H25N3O3/c1-16-4-7-19-12(10-16)8-14-9-13(17)15-11-2-5-18-6-3-11/h11-12,14H,2-10H2,1H3,(H,15,17). The van der Waals surface area contributed by atoms with Crippen molar-refractivity contribution in [2.45, 2.75) is 25.0 Å². The summed E-state index contributed by atoms with van der Waals surface area (Å²) in [6.07, 6.45) is 2.03. The van der Waals surface area contributed by atoms with Crippen LogP contribution in [0.2, 0.25) is 0 Å². The fourth-order valence-corrected chi connectivity index (χ4v) is 2.46. The average Bonchev–Trinajstić information content (AvgIpc) is 2.40. The molecule has 1 amide bonds. The molecule has 2 fully saturated rings. The maximum Gasteiger partial charge on any atom is 0.234 e. The van der Waals surface area contributed by atoms with Gasteiger partial charge in [-0.25, -0.2) is 0 Å². The normalized spacial score (nSPS) is 26.3. The van der Waals surface area contributed by atoms with Gasteiger partial charge in [0.2, 0.25) is 5.91 Å². The quantitative estimate of drug-likeness (QED) is 0.685. The summed E-state index contributed by atoms with van der Waals surface area (Å²) >= 11 is 0. The van der Waals surface area contributed by atoms with E-state index in [0.717, 1.165) is 52.3 Å². The number of carbonyl (C=O) groups excluding carboxylic acids is 1. The van der Waals surface area contributed by atoms with Crippen LogP contribution in [0.1, 0.15) is 12.8 Å². The third kappa shape index (κ3) is 5.44. The predicted molar refractivity (Wildman–Crippen MR) is 72.1 cm³/mol. The van der Waals surface area contributed by atoms with Gasteiger partial charge < -0.3 is 25.0 Å². The second-order valence-corrected chi connectivity index (χ2v) is 5.34. The van der Waals surface area contributed by atoms with Crippen LogP contribution in [0.3, 0.4) is 0 Å². The van der Waals surface area contributed by atoms with Crippen molar-refractivity contribution in [3.8, 4) is 0 Å². The molecule has 0 aromatic heterocycles. The van der Waals surface area contributed by atoms with Crippen LogP contribution in [0.5, 0.6) is 0 Å². The van der Waals surface area contributed by atoms with Crippen molar-refractivity contribution in [2.75, 3.05) is 53.0 Å². The first-order valence-corrected chi connectivity index (χ1v) is 7.12. The van der Waals surface area contributed by atoms with Gasteiger partial charge in [-0.1, -0.05) is 0 Å². The highest BCUT2D eigenvalue weighted by molar-refractivity contribution is 5.78. The summed E-state index contributed by atoms with van der Waals surface area (Å²) in [5, 5.41) is 6.20. The minimum atomic E-state index is 0.0658. The van der Waals surface area contributed by atoms with Gasteiger partial charge in [-0.3, -0.25) is 4.79 Å². The van der Waals surface area contributed by atoms with Crippen LogP contribution in [-0.2, 0) is 14.3 Å². The monoisotopic (exact) mass is 271 g/mol. The summed E-state index contributed by atoms with van der Waals surface area (Å²) in [4.78, 5) is 14.0. The molecule has 0 aliphatic carbocycles. The molecule has 2 N–H and O–H groups in total. The Morgan fingerprint density at radius 1 is 1.32 bits per heavy atom. The van der Waals surface area contributed by atoms with Gasteiger partial charge in [0.25, 0.3) is 0 Å². The lowest BCUT2D eigenvalue weighted by atomic mass is 10.1. The molecule has 19 heavy (non-hydrogen) atoms. The van der Waals surface area contributed by atoms with E-state index in [-0.39, 0.29) is 18.1 Å². The van der Waals surface area contributed by atoms with E-state index in [2.05, 4.69) is 22.6 Å². The topological polar surface area (TPSA) is 62.8 Å². The molecule has 2 aliphatic heterocycles. The summed E-state index contributed by atoms with van der Waals surface area (Å²) in [6, 6.07) is 0.278. The number of ether oxygens (including phenoxy) is 2. The highest BCUT2D eigenvalue weighted by Crippen LogP contribution is 2.05. The number of morpholine rings is 1. The molecular weight excluding hydrogens is 246 g/mol. The van der Waals surface area contributed by atoms with Gasteiger partial charge in [-0.15, -0.1) is 0 Å². The zero-order chi connectivity index (χ0) is 13.5. The van der Waals surface area contributed by atoms with Crippen LogP contribution in [0, 0.1) is 0 Å². The van der Waals surface area contributed by atoms with Gasteiger partial charge in [0, 0.05) is 38.9 Å². The summed E-state index contributed by atoms with van der Waals surface area (Å²) in [5.41, 5.74) is 0. The van der Waals surface area contributed by atoms with Crippen molar-refractivity contribution in [1.29, 1.82) is 0 Å². The molecule has 6 heteroatoms. The number of hydrogen-bond acceptors (Lipinski definition) is 5. The Labute approximate surface area is 114 Å². The van der Waals surface area contributed by atoms with E-state index < -0.39 is 0 Å². The largest absolute Gasteiger partial charge is 0.381 e. The Morgan fingerprint density at radius 2 is 2.11 bits per heavy atom. The van der Waals surface area contributed by atoms with Crippen molar-refractivity contribution in [3.05, 3.63) is 0 Å². The zero-order valence-corrected chi connectivity index (χ0v) is 11.7. The molecule has 1 atom stereocenters. The first-order chi connectivity index (χ1) is 9.24. The molecule has 2 saturated heterocycles. The summed E-state index contributed by atoms with van der Waals surface area (Å²) in [5.74, 6) is 0.0658. The number of likely N-dealkylation sites (N-methyl/N-ethyl adjacent to an activating group) is 1. The van der Waals surface area contributed by atoms with Crippen LogP contribution in [-0.4, -0.2) is 76.0 Å². The van der Waals surface area contributed by atoms with E-state index in [1.54, 1.807) is 0 Å². The minimum Gasteiger partial charge on any atom is -0.381 e. The van der Waals surface area contributed by atoms with Crippen LogP contribution >= 0.6 is 0 Å². The highest BCUT2D eigenvalue weighted by Gasteiger charge is 2.18. The van der Waals surface area contributed by atoms with Gasteiger partial charge in [0.1, 0.15) is 0 Å². The van der Waals surface area contributed by atoms with Crippen LogP contribution in [0.15, 0.2) is 0 Å². The number of nitrogens with zero attached hydrogens (tertiary/aromatic N) is 1. The smallest absolute Gasteiger partial charge is 0.234 e. The Bertz CT molecular complexity index is 282. The fourth-order valence-electron chi connectivity index (χ4n) is 2.46. The van der Waals surface area contributed by atoms with Gasteiger partial charge in [0.05, 0.1) is 19.3 Å². The fraction of sp³-hybridized carbons (Fsp3) is 0.923. The van der Waals surface area contributed by atoms with E-state index in [4.69, 9.17) is 9.47 Å². The molecule has 0 aromatic carbocycles. The Morgan fingerprint density at radius 3 is 2.84 bits per heavy atom. The van der Waals surface area contributed by atoms with Gasteiger partial charge in [-0.2, -0.15) is 0 Å². The first-order valence-electron chi connectivity index (χ1n) is 7.12. The van der Waals surface area contributed by atoms with Gasteiger partial charge in [0.15, 0.2) is 0 Å². The second kappa shape index (κ2) is 7.79.